The summed E-state index contributed by atoms with van der Waals surface area (Å²) in [6, 6.07) is 12.4. The molecule has 1 atom stereocenters. The normalized spacial score (nSPS) is 17.3. The standard InChI is InChI=1S/C19H20N2O3/c1-12-4-9-17(13(2)10-12)21-18(22)11-16(19(21)23)20-14-5-7-15(24-3)8-6-14/h4-10,16,20H,11H2,1-3H3/t16-/m1/s1. The van der Waals surface area contributed by atoms with Crippen LogP contribution in [0, 0.1) is 13.8 Å². The molecule has 0 spiro atoms. The Morgan fingerprint density at radius 1 is 1.08 bits per heavy atom. The van der Waals surface area contributed by atoms with Crippen molar-refractivity contribution in [2.75, 3.05) is 17.3 Å². The Morgan fingerprint density at radius 2 is 1.79 bits per heavy atom. The molecule has 0 aliphatic carbocycles. The maximum atomic E-state index is 12.7. The van der Waals surface area contributed by atoms with Crippen molar-refractivity contribution in [3.05, 3.63) is 53.6 Å². The fourth-order valence-electron chi connectivity index (χ4n) is 2.94. The maximum absolute atomic E-state index is 12.7. The monoisotopic (exact) mass is 324 g/mol. The van der Waals surface area contributed by atoms with Crippen LogP contribution < -0.4 is 15.0 Å². The van der Waals surface area contributed by atoms with Gasteiger partial charge in [0.2, 0.25) is 5.91 Å². The summed E-state index contributed by atoms with van der Waals surface area (Å²) in [6.45, 7) is 3.89. The smallest absolute Gasteiger partial charge is 0.256 e. The van der Waals surface area contributed by atoms with E-state index in [2.05, 4.69) is 5.32 Å². The van der Waals surface area contributed by atoms with Crippen LogP contribution in [0.2, 0.25) is 0 Å². The van der Waals surface area contributed by atoms with Crippen LogP contribution in [-0.2, 0) is 9.59 Å². The van der Waals surface area contributed by atoms with Gasteiger partial charge in [0.15, 0.2) is 0 Å². The highest BCUT2D eigenvalue weighted by Gasteiger charge is 2.40. The molecule has 2 aromatic carbocycles. The number of nitrogens with zero attached hydrogens (tertiary/aromatic N) is 1. The first-order valence-corrected chi connectivity index (χ1v) is 7.84. The third kappa shape index (κ3) is 2.97. The second kappa shape index (κ2) is 6.35. The number of nitrogens with one attached hydrogen (secondary N) is 1. The first-order chi connectivity index (χ1) is 11.5. The van der Waals surface area contributed by atoms with E-state index >= 15 is 0 Å². The zero-order chi connectivity index (χ0) is 17.3. The Balaban J connectivity index is 1.80. The van der Waals surface area contributed by atoms with E-state index in [9.17, 15) is 9.59 Å². The van der Waals surface area contributed by atoms with Gasteiger partial charge in [-0.1, -0.05) is 17.7 Å². The van der Waals surface area contributed by atoms with Crippen LogP contribution in [0.3, 0.4) is 0 Å². The van der Waals surface area contributed by atoms with Crippen LogP contribution in [0.5, 0.6) is 5.75 Å². The fourth-order valence-corrected chi connectivity index (χ4v) is 2.94. The van der Waals surface area contributed by atoms with E-state index in [1.165, 1.54) is 4.90 Å². The number of anilines is 2. The molecule has 0 unspecified atom stereocenters. The largest absolute Gasteiger partial charge is 0.497 e. The number of hydrogen-bond donors (Lipinski definition) is 1. The van der Waals surface area contributed by atoms with Crippen LogP contribution in [0.25, 0.3) is 0 Å². The second-order valence-electron chi connectivity index (χ2n) is 5.99. The minimum absolute atomic E-state index is 0.151. The topological polar surface area (TPSA) is 58.6 Å². The summed E-state index contributed by atoms with van der Waals surface area (Å²) in [7, 11) is 1.60. The van der Waals surface area contributed by atoms with Crippen LogP contribution in [0.1, 0.15) is 17.5 Å². The molecule has 0 bridgehead atoms. The van der Waals surface area contributed by atoms with Gasteiger partial charge in [0.25, 0.3) is 5.91 Å². The highest BCUT2D eigenvalue weighted by Crippen LogP contribution is 2.28. The van der Waals surface area contributed by atoms with Gasteiger partial charge in [-0.2, -0.15) is 0 Å². The molecule has 1 fully saturated rings. The first-order valence-electron chi connectivity index (χ1n) is 7.84. The first kappa shape index (κ1) is 16.1. The second-order valence-corrected chi connectivity index (χ2v) is 5.99. The van der Waals surface area contributed by atoms with Crippen molar-refractivity contribution in [1.82, 2.24) is 0 Å². The van der Waals surface area contributed by atoms with E-state index in [0.717, 1.165) is 22.6 Å². The molecule has 5 nitrogen and oxygen atoms in total. The summed E-state index contributed by atoms with van der Waals surface area (Å²) in [6.07, 6.45) is 0.151. The summed E-state index contributed by atoms with van der Waals surface area (Å²) in [4.78, 5) is 26.4. The third-order valence-corrected chi connectivity index (χ3v) is 4.17. The van der Waals surface area contributed by atoms with E-state index < -0.39 is 6.04 Å². The molecule has 0 aromatic heterocycles. The van der Waals surface area contributed by atoms with E-state index in [1.54, 1.807) is 7.11 Å². The van der Waals surface area contributed by atoms with Gasteiger partial charge in [-0.15, -0.1) is 0 Å². The van der Waals surface area contributed by atoms with Crippen LogP contribution in [-0.4, -0.2) is 25.0 Å². The number of ether oxygens (including phenoxy) is 1. The zero-order valence-corrected chi connectivity index (χ0v) is 14.0. The van der Waals surface area contributed by atoms with Crippen molar-refractivity contribution in [2.45, 2.75) is 26.3 Å². The average molecular weight is 324 g/mol. The molecule has 24 heavy (non-hydrogen) atoms. The van der Waals surface area contributed by atoms with Gasteiger partial charge in [0.1, 0.15) is 11.8 Å². The highest BCUT2D eigenvalue weighted by molar-refractivity contribution is 6.23. The molecule has 1 N–H and O–H groups in total. The Bertz CT molecular complexity index is 784. The molecule has 1 heterocycles. The van der Waals surface area contributed by atoms with E-state index in [1.807, 2.05) is 56.3 Å². The summed E-state index contributed by atoms with van der Waals surface area (Å²) < 4.78 is 5.12. The van der Waals surface area contributed by atoms with Crippen LogP contribution in [0.15, 0.2) is 42.5 Å². The number of carbonyl (C=O) groups excluding carboxylic acids is 2. The van der Waals surface area contributed by atoms with Crippen molar-refractivity contribution < 1.29 is 14.3 Å². The molecule has 0 saturated carbocycles. The van der Waals surface area contributed by atoms with Crippen molar-refractivity contribution in [1.29, 1.82) is 0 Å². The molecule has 0 radical (unpaired) electrons. The van der Waals surface area contributed by atoms with E-state index in [4.69, 9.17) is 4.74 Å². The Labute approximate surface area is 141 Å². The quantitative estimate of drug-likeness (QED) is 0.878. The Hall–Kier alpha value is -2.82. The SMILES string of the molecule is COc1ccc(N[C@@H]2CC(=O)N(c3ccc(C)cc3C)C2=O)cc1. The summed E-state index contributed by atoms with van der Waals surface area (Å²) in [5, 5.41) is 3.14. The molecular formula is C19H20N2O3. The highest BCUT2D eigenvalue weighted by atomic mass is 16.5. The van der Waals surface area contributed by atoms with Crippen molar-refractivity contribution in [3.8, 4) is 5.75 Å². The molecule has 1 saturated heterocycles. The zero-order valence-electron chi connectivity index (χ0n) is 14.0. The predicted octanol–water partition coefficient (Wildman–Crippen LogP) is 3.06. The lowest BCUT2D eigenvalue weighted by Crippen LogP contribution is -2.35. The molecule has 2 aromatic rings. The van der Waals surface area contributed by atoms with Gasteiger partial charge in [-0.25, -0.2) is 4.90 Å². The number of aryl methyl sites for hydroxylation is 2. The van der Waals surface area contributed by atoms with Gasteiger partial charge < -0.3 is 10.1 Å². The van der Waals surface area contributed by atoms with Gasteiger partial charge in [0, 0.05) is 5.69 Å². The molecule has 2 amide bonds. The van der Waals surface area contributed by atoms with Crippen molar-refractivity contribution in [2.24, 2.45) is 0 Å². The van der Waals surface area contributed by atoms with Gasteiger partial charge in [0.05, 0.1) is 19.2 Å². The van der Waals surface area contributed by atoms with Crippen molar-refractivity contribution in [3.63, 3.8) is 0 Å². The van der Waals surface area contributed by atoms with Crippen LogP contribution >= 0.6 is 0 Å². The lowest BCUT2D eigenvalue weighted by molar-refractivity contribution is -0.121. The minimum atomic E-state index is -0.549. The predicted molar refractivity (Wildman–Crippen MR) is 93.4 cm³/mol. The van der Waals surface area contributed by atoms with E-state index in [-0.39, 0.29) is 18.2 Å². The van der Waals surface area contributed by atoms with Crippen LogP contribution in [0.4, 0.5) is 11.4 Å². The lowest BCUT2D eigenvalue weighted by Gasteiger charge is -2.18. The summed E-state index contributed by atoms with van der Waals surface area (Å²) in [5.41, 5.74) is 3.46. The number of imide groups is 1. The molecule has 3 rings (SSSR count). The Morgan fingerprint density at radius 3 is 2.42 bits per heavy atom. The summed E-state index contributed by atoms with van der Waals surface area (Å²) >= 11 is 0. The maximum Gasteiger partial charge on any atom is 0.256 e. The number of carbonyl (C=O) groups is 2. The molecule has 1 aliphatic rings. The van der Waals surface area contributed by atoms with Gasteiger partial charge in [-0.05, 0) is 49.7 Å². The molecule has 5 heteroatoms. The van der Waals surface area contributed by atoms with Crippen molar-refractivity contribution >= 4 is 23.2 Å². The number of rotatable bonds is 4. The molecule has 1 aliphatic heterocycles. The average Bonchev–Trinajstić information content (AvgIpc) is 2.83. The number of hydrogen-bond acceptors (Lipinski definition) is 4. The minimum Gasteiger partial charge on any atom is -0.497 e. The van der Waals surface area contributed by atoms with Gasteiger partial charge in [-0.3, -0.25) is 9.59 Å². The Kier molecular flexibility index (Phi) is 4.25. The number of methoxy groups -OCH3 is 1. The molecule has 124 valence electrons. The molecular weight excluding hydrogens is 304 g/mol. The lowest BCUT2D eigenvalue weighted by atomic mass is 10.1. The third-order valence-electron chi connectivity index (χ3n) is 4.17. The number of amides is 2. The summed E-state index contributed by atoms with van der Waals surface area (Å²) in [5.74, 6) is 0.340. The van der Waals surface area contributed by atoms with Gasteiger partial charge >= 0.3 is 0 Å². The van der Waals surface area contributed by atoms with E-state index in [0.29, 0.717) is 5.69 Å². The number of benzene rings is 2. The fraction of sp³-hybridized carbons (Fsp3) is 0.263.